The van der Waals surface area contributed by atoms with Crippen LogP contribution in [0.2, 0.25) is 0 Å². The van der Waals surface area contributed by atoms with Crippen LogP contribution in [0, 0.1) is 11.8 Å². The summed E-state index contributed by atoms with van der Waals surface area (Å²) in [6.07, 6.45) is 1.34. The number of hydrogen-bond acceptors (Lipinski definition) is 1. The molecule has 0 spiro atoms. The molecule has 1 fully saturated rings. The molecule has 0 radical (unpaired) electrons. The highest BCUT2D eigenvalue weighted by molar-refractivity contribution is 4.76. The smallest absolute Gasteiger partial charge is 0.00175 e. The summed E-state index contributed by atoms with van der Waals surface area (Å²) in [5.41, 5.74) is 0. The molecule has 48 valence electrons. The van der Waals surface area contributed by atoms with E-state index in [1.165, 1.54) is 19.5 Å². The molecule has 1 heteroatoms. The minimum Gasteiger partial charge on any atom is -0.316 e. The van der Waals surface area contributed by atoms with Crippen LogP contribution in [0.1, 0.15) is 20.3 Å². The molecule has 0 saturated carbocycles. The summed E-state index contributed by atoms with van der Waals surface area (Å²) >= 11 is 0. The van der Waals surface area contributed by atoms with E-state index >= 15 is 0 Å². The lowest BCUT2D eigenvalue weighted by atomic mass is 9.96. The maximum atomic E-state index is 3.37. The zero-order valence-corrected chi connectivity index (χ0v) is 5.78. The molecule has 1 aliphatic rings. The number of nitrogens with one attached hydrogen (secondary N) is 1. The highest BCUT2D eigenvalue weighted by Crippen LogP contribution is 2.17. The Morgan fingerprint density at radius 1 is 1.50 bits per heavy atom. The molecule has 1 N–H and O–H groups in total. The van der Waals surface area contributed by atoms with Crippen LogP contribution in [0.25, 0.3) is 0 Å². The molecule has 1 saturated heterocycles. The highest BCUT2D eigenvalue weighted by Gasteiger charge is 2.20. The fourth-order valence-electron chi connectivity index (χ4n) is 1.41. The van der Waals surface area contributed by atoms with Crippen molar-refractivity contribution in [2.45, 2.75) is 20.3 Å². The first-order chi connectivity index (χ1) is 3.84. The van der Waals surface area contributed by atoms with Crippen molar-refractivity contribution in [3.8, 4) is 0 Å². The maximum absolute atomic E-state index is 3.37. The van der Waals surface area contributed by atoms with E-state index in [-0.39, 0.29) is 0 Å². The molecule has 1 nitrogen and oxygen atoms in total. The van der Waals surface area contributed by atoms with E-state index in [2.05, 4.69) is 19.2 Å². The van der Waals surface area contributed by atoms with Crippen molar-refractivity contribution in [1.82, 2.24) is 5.32 Å². The fourth-order valence-corrected chi connectivity index (χ4v) is 1.41. The molecule has 1 rings (SSSR count). The lowest BCUT2D eigenvalue weighted by Gasteiger charge is -2.08. The van der Waals surface area contributed by atoms with Crippen molar-refractivity contribution >= 4 is 0 Å². The number of rotatable bonds is 1. The van der Waals surface area contributed by atoms with Gasteiger partial charge in [-0.1, -0.05) is 20.3 Å². The zero-order valence-electron chi connectivity index (χ0n) is 5.78. The largest absolute Gasteiger partial charge is 0.316 e. The molecule has 0 aromatic rings. The topological polar surface area (TPSA) is 12.0 Å². The molecular weight excluding hydrogens is 98.1 g/mol. The lowest BCUT2D eigenvalue weighted by Crippen LogP contribution is -2.07. The van der Waals surface area contributed by atoms with Crippen molar-refractivity contribution in [2.75, 3.05) is 13.1 Å². The Bertz CT molecular complexity index is 70.8. The normalized spacial score (nSPS) is 38.2. The average molecular weight is 113 g/mol. The van der Waals surface area contributed by atoms with Crippen molar-refractivity contribution in [3.05, 3.63) is 0 Å². The van der Waals surface area contributed by atoms with Gasteiger partial charge in [0.15, 0.2) is 0 Å². The Morgan fingerprint density at radius 2 is 2.25 bits per heavy atom. The van der Waals surface area contributed by atoms with Gasteiger partial charge in [-0.25, -0.2) is 0 Å². The van der Waals surface area contributed by atoms with Gasteiger partial charge in [-0.15, -0.1) is 0 Å². The molecule has 0 aromatic heterocycles. The van der Waals surface area contributed by atoms with Crippen LogP contribution >= 0.6 is 0 Å². The Kier molecular flexibility index (Phi) is 1.90. The minimum absolute atomic E-state index is 0.917. The zero-order chi connectivity index (χ0) is 5.98. The quantitative estimate of drug-likeness (QED) is 0.539. The van der Waals surface area contributed by atoms with Gasteiger partial charge in [0.2, 0.25) is 0 Å². The molecular formula is C7H15N. The van der Waals surface area contributed by atoms with Gasteiger partial charge in [0.1, 0.15) is 0 Å². The van der Waals surface area contributed by atoms with Gasteiger partial charge in [0, 0.05) is 0 Å². The summed E-state index contributed by atoms with van der Waals surface area (Å²) in [4.78, 5) is 0. The van der Waals surface area contributed by atoms with Crippen LogP contribution in [-0.2, 0) is 0 Å². The molecule has 1 aliphatic heterocycles. The van der Waals surface area contributed by atoms with Crippen molar-refractivity contribution in [3.63, 3.8) is 0 Å². The first-order valence-electron chi connectivity index (χ1n) is 3.55. The van der Waals surface area contributed by atoms with Gasteiger partial charge < -0.3 is 5.32 Å². The molecule has 0 bridgehead atoms. The summed E-state index contributed by atoms with van der Waals surface area (Å²) in [5, 5.41) is 3.37. The van der Waals surface area contributed by atoms with Gasteiger partial charge in [-0.2, -0.15) is 0 Å². The van der Waals surface area contributed by atoms with E-state index in [4.69, 9.17) is 0 Å². The minimum atomic E-state index is 0.917. The molecule has 0 unspecified atom stereocenters. The molecule has 0 amide bonds. The van der Waals surface area contributed by atoms with Crippen LogP contribution in [0.3, 0.4) is 0 Å². The number of hydrogen-bond donors (Lipinski definition) is 1. The third-order valence-corrected chi connectivity index (χ3v) is 2.20. The van der Waals surface area contributed by atoms with Crippen LogP contribution in [0.5, 0.6) is 0 Å². The van der Waals surface area contributed by atoms with Crippen LogP contribution in [0.15, 0.2) is 0 Å². The predicted molar refractivity (Wildman–Crippen MR) is 35.8 cm³/mol. The second-order valence-corrected chi connectivity index (χ2v) is 2.80. The monoisotopic (exact) mass is 113 g/mol. The van der Waals surface area contributed by atoms with Crippen LogP contribution in [-0.4, -0.2) is 13.1 Å². The SMILES string of the molecule is CC[C@H]1CNC[C@@H]1C. The van der Waals surface area contributed by atoms with E-state index < -0.39 is 0 Å². The Morgan fingerprint density at radius 3 is 2.50 bits per heavy atom. The average Bonchev–Trinajstić information content (AvgIpc) is 2.14. The van der Waals surface area contributed by atoms with E-state index in [0.29, 0.717) is 0 Å². The predicted octanol–water partition coefficient (Wildman–Crippen LogP) is 1.25. The molecule has 0 aromatic carbocycles. The molecule has 8 heavy (non-hydrogen) atoms. The van der Waals surface area contributed by atoms with Gasteiger partial charge in [-0.05, 0) is 24.9 Å². The van der Waals surface area contributed by atoms with Crippen LogP contribution in [0.4, 0.5) is 0 Å². The third kappa shape index (κ3) is 1.03. The van der Waals surface area contributed by atoms with E-state index in [9.17, 15) is 0 Å². The Labute approximate surface area is 51.5 Å². The first kappa shape index (κ1) is 6.09. The molecule has 2 atom stereocenters. The summed E-state index contributed by atoms with van der Waals surface area (Å²) in [7, 11) is 0. The Balaban J connectivity index is 2.30. The summed E-state index contributed by atoms with van der Waals surface area (Å²) < 4.78 is 0. The molecule has 1 heterocycles. The van der Waals surface area contributed by atoms with Crippen LogP contribution < -0.4 is 5.32 Å². The lowest BCUT2D eigenvalue weighted by molar-refractivity contribution is 0.440. The second kappa shape index (κ2) is 2.49. The summed E-state index contributed by atoms with van der Waals surface area (Å²) in [6.45, 7) is 7.08. The van der Waals surface area contributed by atoms with Gasteiger partial charge >= 0.3 is 0 Å². The summed E-state index contributed by atoms with van der Waals surface area (Å²) in [6, 6.07) is 0. The highest BCUT2D eigenvalue weighted by atomic mass is 14.9. The third-order valence-electron chi connectivity index (χ3n) is 2.20. The van der Waals surface area contributed by atoms with Crippen molar-refractivity contribution in [1.29, 1.82) is 0 Å². The van der Waals surface area contributed by atoms with E-state index in [1.54, 1.807) is 0 Å². The first-order valence-corrected chi connectivity index (χ1v) is 3.55. The standard InChI is InChI=1S/C7H15N/c1-3-7-5-8-4-6(7)2/h6-8H,3-5H2,1-2H3/t6-,7-/m0/s1. The second-order valence-electron chi connectivity index (χ2n) is 2.80. The van der Waals surface area contributed by atoms with Crippen molar-refractivity contribution < 1.29 is 0 Å². The molecule has 0 aliphatic carbocycles. The fraction of sp³-hybridized carbons (Fsp3) is 1.00. The van der Waals surface area contributed by atoms with Crippen molar-refractivity contribution in [2.24, 2.45) is 11.8 Å². The van der Waals surface area contributed by atoms with E-state index in [0.717, 1.165) is 11.8 Å². The maximum Gasteiger partial charge on any atom is -0.00175 e. The van der Waals surface area contributed by atoms with Gasteiger partial charge in [0.25, 0.3) is 0 Å². The van der Waals surface area contributed by atoms with Gasteiger partial charge in [-0.3, -0.25) is 0 Å². The summed E-state index contributed by atoms with van der Waals surface area (Å²) in [5.74, 6) is 1.87. The van der Waals surface area contributed by atoms with E-state index in [1.807, 2.05) is 0 Å². The Hall–Kier alpha value is -0.0400. The van der Waals surface area contributed by atoms with Gasteiger partial charge in [0.05, 0.1) is 0 Å².